The Morgan fingerprint density at radius 2 is 1.95 bits per heavy atom. The molecule has 0 unspecified atom stereocenters. The van der Waals surface area contributed by atoms with Crippen molar-refractivity contribution in [1.82, 2.24) is 36.2 Å². The zero-order chi connectivity index (χ0) is 14.1. The summed E-state index contributed by atoms with van der Waals surface area (Å²) in [4.78, 5) is 0. The zero-order valence-electron chi connectivity index (χ0n) is 11.3. The third-order valence-electron chi connectivity index (χ3n) is 1.49. The molecule has 0 spiro atoms. The molecular weight excluding hydrogens is 341 g/mol. The van der Waals surface area contributed by atoms with Crippen LogP contribution in [-0.4, -0.2) is 36.7 Å². The summed E-state index contributed by atoms with van der Waals surface area (Å²) >= 11 is 0. The summed E-state index contributed by atoms with van der Waals surface area (Å²) in [6.45, 7) is 8.69. The van der Waals surface area contributed by atoms with Gasteiger partial charge in [-0.3, -0.25) is 0 Å². The minimum atomic E-state index is 0. The fourth-order valence-corrected chi connectivity index (χ4v) is 0.775. The number of hydrazone groups is 1. The predicted molar refractivity (Wildman–Crippen MR) is 63.3 cm³/mol. The Kier molecular flexibility index (Phi) is 9.30. The van der Waals surface area contributed by atoms with Gasteiger partial charge in [-0.25, -0.2) is 15.6 Å². The van der Waals surface area contributed by atoms with Crippen molar-refractivity contribution in [3.63, 3.8) is 0 Å². The van der Waals surface area contributed by atoms with Gasteiger partial charge in [0.2, 0.25) is 11.8 Å². The van der Waals surface area contributed by atoms with E-state index in [4.69, 9.17) is 4.74 Å². The normalized spacial score (nSPS) is 11.6. The largest absolute Gasteiger partial charge is 0.613 e. The van der Waals surface area contributed by atoms with Gasteiger partial charge in [0.25, 0.3) is 0 Å². The number of aromatic amines is 1. The summed E-state index contributed by atoms with van der Waals surface area (Å²) in [6.07, 6.45) is 2.19. The van der Waals surface area contributed by atoms with E-state index in [0.29, 0.717) is 23.5 Å². The van der Waals surface area contributed by atoms with E-state index in [2.05, 4.69) is 58.7 Å². The van der Waals surface area contributed by atoms with E-state index in [0.717, 1.165) is 0 Å². The number of hydrogen-bond acceptors (Lipinski definition) is 9. The first-order valence-corrected chi connectivity index (χ1v) is 5.11. The van der Waals surface area contributed by atoms with Gasteiger partial charge in [0.15, 0.2) is 5.82 Å². The Morgan fingerprint density at radius 1 is 1.20 bits per heavy atom. The Balaban J connectivity index is 0.000000265. The van der Waals surface area contributed by atoms with Crippen LogP contribution >= 0.6 is 0 Å². The molecule has 1 aliphatic rings. The van der Waals surface area contributed by atoms with E-state index in [1.54, 1.807) is 20.8 Å². The van der Waals surface area contributed by atoms with Crippen molar-refractivity contribution >= 4 is 5.90 Å². The van der Waals surface area contributed by atoms with E-state index in [1.165, 1.54) is 0 Å². The molecule has 0 amide bonds. The topological polar surface area (TPSA) is 127 Å². The molecule has 0 aromatic carbocycles. The standard InChI is InChI=1S/C4H6N2O.C3H3N2O.C2H4N4.Y/c1-3-5-6-4(2)7-3;1-3-5-4-2-6-3;1-2-3-5-6-4-2;/h5H,1H2,2H3;1H3;1H3,(H,3,4,5,6);/q;-1;;. The van der Waals surface area contributed by atoms with Crippen LogP contribution in [0.5, 0.6) is 0 Å². The molecule has 2 aromatic rings. The monoisotopic (exact) mass is 354 g/mol. The first-order valence-electron chi connectivity index (χ1n) is 5.11. The molecule has 10 nitrogen and oxygen atoms in total. The van der Waals surface area contributed by atoms with Crippen molar-refractivity contribution in [3.05, 3.63) is 30.6 Å². The summed E-state index contributed by atoms with van der Waals surface area (Å²) in [5.74, 6) is 2.34. The number of hydrogen-bond donors (Lipinski definition) is 2. The van der Waals surface area contributed by atoms with Crippen LogP contribution in [0.3, 0.4) is 0 Å². The molecule has 0 aliphatic carbocycles. The first-order chi connectivity index (χ1) is 9.08. The van der Waals surface area contributed by atoms with Crippen LogP contribution in [0.15, 0.2) is 22.0 Å². The second-order valence-corrected chi connectivity index (χ2v) is 3.14. The Morgan fingerprint density at radius 3 is 2.10 bits per heavy atom. The minimum absolute atomic E-state index is 0. The van der Waals surface area contributed by atoms with Gasteiger partial charge in [-0.1, -0.05) is 12.1 Å². The van der Waals surface area contributed by atoms with Crippen LogP contribution in [0.25, 0.3) is 0 Å². The van der Waals surface area contributed by atoms with E-state index in [-0.39, 0.29) is 32.7 Å². The third kappa shape index (κ3) is 8.43. The molecule has 0 fully saturated rings. The van der Waals surface area contributed by atoms with Crippen molar-refractivity contribution in [2.24, 2.45) is 5.10 Å². The molecule has 0 saturated heterocycles. The SMILES string of the molecule is C=C1NN=C(C)O1.Cc1nn[c-]o1.Cc1nn[nH]n1.[Y]. The summed E-state index contributed by atoms with van der Waals surface area (Å²) < 4.78 is 9.29. The minimum Gasteiger partial charge on any atom is -0.613 e. The van der Waals surface area contributed by atoms with Crippen LogP contribution < -0.4 is 5.43 Å². The molecule has 2 N–H and O–H groups in total. The van der Waals surface area contributed by atoms with Gasteiger partial charge in [-0.2, -0.15) is 5.21 Å². The number of aryl methyl sites for hydroxylation is 2. The molecule has 0 saturated carbocycles. The van der Waals surface area contributed by atoms with Gasteiger partial charge in [-0.15, -0.1) is 15.3 Å². The number of tetrazole rings is 1. The molecule has 0 bridgehead atoms. The van der Waals surface area contributed by atoms with E-state index < -0.39 is 0 Å². The maximum atomic E-state index is 4.81. The first kappa shape index (κ1) is 18.3. The number of aromatic nitrogens is 6. The molecular formula is C9H13N8O2Y-. The number of H-pyrrole nitrogens is 1. The second-order valence-electron chi connectivity index (χ2n) is 3.14. The van der Waals surface area contributed by atoms with Gasteiger partial charge in [0.1, 0.15) is 0 Å². The molecule has 1 aliphatic heterocycles. The second kappa shape index (κ2) is 10.2. The van der Waals surface area contributed by atoms with Gasteiger partial charge < -0.3 is 9.15 Å². The maximum Gasteiger partial charge on any atom is 0.211 e. The van der Waals surface area contributed by atoms with Gasteiger partial charge in [0.05, 0.1) is 12.3 Å². The summed E-state index contributed by atoms with van der Waals surface area (Å²) in [7, 11) is 0. The fourth-order valence-electron chi connectivity index (χ4n) is 0.775. The summed E-state index contributed by atoms with van der Waals surface area (Å²) in [5.41, 5.74) is 2.54. The number of nitrogens with zero attached hydrogens (tertiary/aromatic N) is 6. The average Bonchev–Trinajstić information content (AvgIpc) is 3.07. The molecule has 3 heterocycles. The zero-order valence-corrected chi connectivity index (χ0v) is 14.1. The van der Waals surface area contributed by atoms with Crippen molar-refractivity contribution in [1.29, 1.82) is 0 Å². The predicted octanol–water partition coefficient (Wildman–Crippen LogP) is 0.0946. The van der Waals surface area contributed by atoms with Crippen LogP contribution in [0.1, 0.15) is 18.6 Å². The average molecular weight is 354 g/mol. The van der Waals surface area contributed by atoms with Crippen LogP contribution in [0, 0.1) is 20.2 Å². The molecule has 3 rings (SSSR count). The van der Waals surface area contributed by atoms with Crippen LogP contribution in [0.2, 0.25) is 0 Å². The molecule has 20 heavy (non-hydrogen) atoms. The Bertz CT molecular complexity index is 478. The van der Waals surface area contributed by atoms with Crippen molar-refractivity contribution in [3.8, 4) is 0 Å². The quantitative estimate of drug-likeness (QED) is 0.638. The molecule has 11 heteroatoms. The number of nitrogens with one attached hydrogen (secondary N) is 2. The van der Waals surface area contributed by atoms with Gasteiger partial charge in [-0.05, 0) is 13.5 Å². The van der Waals surface area contributed by atoms with Crippen LogP contribution in [-0.2, 0) is 37.4 Å². The molecule has 1 radical (unpaired) electrons. The number of ether oxygens (including phenoxy) is 1. The Labute approximate surface area is 140 Å². The maximum absolute atomic E-state index is 4.81. The molecule has 105 valence electrons. The van der Waals surface area contributed by atoms with E-state index >= 15 is 0 Å². The Hall–Kier alpha value is -1.68. The van der Waals surface area contributed by atoms with Gasteiger partial charge >= 0.3 is 0 Å². The smallest absolute Gasteiger partial charge is 0.211 e. The summed E-state index contributed by atoms with van der Waals surface area (Å²) in [6, 6.07) is 0. The molecule has 2 aromatic heterocycles. The van der Waals surface area contributed by atoms with Gasteiger partial charge in [0, 0.05) is 39.6 Å². The summed E-state index contributed by atoms with van der Waals surface area (Å²) in [5, 5.41) is 23.1. The fraction of sp³-hybridized carbons (Fsp3) is 0.333. The van der Waals surface area contributed by atoms with Crippen molar-refractivity contribution in [2.75, 3.05) is 0 Å². The number of rotatable bonds is 0. The van der Waals surface area contributed by atoms with Crippen LogP contribution in [0.4, 0.5) is 0 Å². The van der Waals surface area contributed by atoms with E-state index in [1.807, 2.05) is 0 Å². The molecule has 0 atom stereocenters. The van der Waals surface area contributed by atoms with Crippen molar-refractivity contribution < 1.29 is 41.9 Å². The third-order valence-corrected chi connectivity index (χ3v) is 1.49. The van der Waals surface area contributed by atoms with Crippen molar-refractivity contribution in [2.45, 2.75) is 20.8 Å². The van der Waals surface area contributed by atoms with E-state index in [9.17, 15) is 0 Å².